The molecule has 6 heteroatoms. The molecule has 1 fully saturated rings. The van der Waals surface area contributed by atoms with Gasteiger partial charge in [-0.1, -0.05) is 6.42 Å². The molecule has 0 amide bonds. The lowest BCUT2D eigenvalue weighted by molar-refractivity contribution is 0.328. The number of aromatic nitrogens is 2. The molecule has 5 nitrogen and oxygen atoms in total. The third kappa shape index (κ3) is 2.37. The van der Waals surface area contributed by atoms with Crippen molar-refractivity contribution in [2.75, 3.05) is 6.26 Å². The summed E-state index contributed by atoms with van der Waals surface area (Å²) in [4.78, 5) is 0. The van der Waals surface area contributed by atoms with E-state index in [0.717, 1.165) is 19.3 Å². The molecule has 0 saturated heterocycles. The van der Waals surface area contributed by atoms with E-state index in [4.69, 9.17) is 0 Å². The van der Waals surface area contributed by atoms with Gasteiger partial charge < -0.3 is 5.11 Å². The third-order valence-corrected chi connectivity index (χ3v) is 4.81. The fraction of sp³-hybridized carbons (Fsp3) is 0.700. The number of hydrogen-bond acceptors (Lipinski definition) is 4. The molecule has 1 aliphatic carbocycles. The highest BCUT2D eigenvalue weighted by Crippen LogP contribution is 2.32. The highest BCUT2D eigenvalue weighted by atomic mass is 32.2. The minimum absolute atomic E-state index is 0.0920. The van der Waals surface area contributed by atoms with Crippen LogP contribution in [-0.2, 0) is 9.84 Å². The molecule has 1 aromatic heterocycles. The molecule has 16 heavy (non-hydrogen) atoms. The summed E-state index contributed by atoms with van der Waals surface area (Å²) >= 11 is 0. The summed E-state index contributed by atoms with van der Waals surface area (Å²) in [6.45, 7) is 0. The summed E-state index contributed by atoms with van der Waals surface area (Å²) in [7, 11) is -2.96. The van der Waals surface area contributed by atoms with Crippen LogP contribution in [0.15, 0.2) is 12.4 Å². The summed E-state index contributed by atoms with van der Waals surface area (Å²) in [5, 5.41) is 13.0. The van der Waals surface area contributed by atoms with E-state index in [2.05, 4.69) is 5.10 Å². The number of nitrogens with zero attached hydrogens (tertiary/aromatic N) is 2. The van der Waals surface area contributed by atoms with Crippen molar-refractivity contribution < 1.29 is 13.5 Å². The maximum Gasteiger partial charge on any atom is 0.153 e. The molecule has 1 aromatic rings. The first-order valence-electron chi connectivity index (χ1n) is 5.39. The molecule has 0 bridgehead atoms. The van der Waals surface area contributed by atoms with Crippen LogP contribution in [0.5, 0.6) is 5.75 Å². The fourth-order valence-electron chi connectivity index (χ4n) is 2.28. The number of rotatable bonds is 2. The number of sulfone groups is 1. The zero-order valence-corrected chi connectivity index (χ0v) is 10.0. The van der Waals surface area contributed by atoms with Gasteiger partial charge in [-0.25, -0.2) is 8.42 Å². The Bertz CT molecular complexity index is 466. The largest absolute Gasteiger partial charge is 0.505 e. The van der Waals surface area contributed by atoms with E-state index < -0.39 is 9.84 Å². The smallest absolute Gasteiger partial charge is 0.153 e. The molecule has 0 spiro atoms. The lowest BCUT2D eigenvalue weighted by Gasteiger charge is -2.28. The topological polar surface area (TPSA) is 72.2 Å². The second kappa shape index (κ2) is 4.08. The number of aromatic hydroxyl groups is 1. The average molecular weight is 244 g/mol. The summed E-state index contributed by atoms with van der Waals surface area (Å²) in [5.41, 5.74) is 0. The SMILES string of the molecule is CS(=O)(=O)C1CCCC(n2cc(O)cn2)C1. The van der Waals surface area contributed by atoms with Crippen molar-refractivity contribution >= 4 is 9.84 Å². The van der Waals surface area contributed by atoms with Gasteiger partial charge in [0.05, 0.1) is 23.7 Å². The van der Waals surface area contributed by atoms with Crippen LogP contribution in [0.3, 0.4) is 0 Å². The van der Waals surface area contributed by atoms with Crippen LogP contribution >= 0.6 is 0 Å². The molecule has 2 unspecified atom stereocenters. The van der Waals surface area contributed by atoms with Crippen LogP contribution in [0.1, 0.15) is 31.7 Å². The highest BCUT2D eigenvalue weighted by molar-refractivity contribution is 7.91. The van der Waals surface area contributed by atoms with Gasteiger partial charge in [-0.15, -0.1) is 0 Å². The molecule has 0 radical (unpaired) electrons. The Labute approximate surface area is 95.0 Å². The van der Waals surface area contributed by atoms with Gasteiger partial charge in [-0.05, 0) is 19.3 Å². The standard InChI is InChI=1S/C10H16N2O3S/c1-16(14,15)10-4-2-3-8(5-10)12-7-9(13)6-11-12/h6-8,10,13H,2-5H2,1H3. The minimum atomic E-state index is -2.96. The molecule has 1 saturated carbocycles. The van der Waals surface area contributed by atoms with Crippen LogP contribution in [0.4, 0.5) is 0 Å². The second-order valence-electron chi connectivity index (χ2n) is 4.45. The van der Waals surface area contributed by atoms with Gasteiger partial charge in [-0.3, -0.25) is 4.68 Å². The highest BCUT2D eigenvalue weighted by Gasteiger charge is 2.29. The van der Waals surface area contributed by atoms with Crippen molar-refractivity contribution in [1.82, 2.24) is 9.78 Å². The molecule has 0 aliphatic heterocycles. The Kier molecular flexibility index (Phi) is 2.92. The molecule has 0 aromatic carbocycles. The average Bonchev–Trinajstić information content (AvgIpc) is 2.64. The normalized spacial score (nSPS) is 26.8. The third-order valence-electron chi connectivity index (χ3n) is 3.17. The zero-order chi connectivity index (χ0) is 11.8. The van der Waals surface area contributed by atoms with Crippen molar-refractivity contribution in [1.29, 1.82) is 0 Å². The first kappa shape index (κ1) is 11.4. The van der Waals surface area contributed by atoms with Crippen LogP contribution in [0, 0.1) is 0 Å². The molecular formula is C10H16N2O3S. The predicted molar refractivity (Wildman–Crippen MR) is 60.0 cm³/mol. The Morgan fingerprint density at radius 1 is 1.50 bits per heavy atom. The maximum absolute atomic E-state index is 11.5. The molecular weight excluding hydrogens is 228 g/mol. The van der Waals surface area contributed by atoms with Crippen LogP contribution in [-0.4, -0.2) is 34.8 Å². The van der Waals surface area contributed by atoms with Gasteiger partial charge in [-0.2, -0.15) is 5.10 Å². The van der Waals surface area contributed by atoms with Gasteiger partial charge in [0.1, 0.15) is 9.84 Å². The van der Waals surface area contributed by atoms with Gasteiger partial charge in [0.15, 0.2) is 5.75 Å². The quantitative estimate of drug-likeness (QED) is 0.846. The van der Waals surface area contributed by atoms with Crippen molar-refractivity contribution in [3.05, 3.63) is 12.4 Å². The van der Waals surface area contributed by atoms with Gasteiger partial charge in [0, 0.05) is 6.26 Å². The van der Waals surface area contributed by atoms with E-state index in [1.165, 1.54) is 12.5 Å². The van der Waals surface area contributed by atoms with Crippen LogP contribution < -0.4 is 0 Å². The Balaban J connectivity index is 2.13. The van der Waals surface area contributed by atoms with E-state index in [1.54, 1.807) is 10.9 Å². The lowest BCUT2D eigenvalue weighted by atomic mass is 9.95. The monoisotopic (exact) mass is 244 g/mol. The number of hydrogen-bond donors (Lipinski definition) is 1. The minimum Gasteiger partial charge on any atom is -0.505 e. The summed E-state index contributed by atoms with van der Waals surface area (Å²) < 4.78 is 24.7. The molecule has 1 N–H and O–H groups in total. The first-order valence-corrected chi connectivity index (χ1v) is 7.34. The van der Waals surface area contributed by atoms with E-state index in [9.17, 15) is 13.5 Å². The molecule has 1 heterocycles. The zero-order valence-electron chi connectivity index (χ0n) is 9.20. The van der Waals surface area contributed by atoms with E-state index in [-0.39, 0.29) is 17.0 Å². The lowest BCUT2D eigenvalue weighted by Crippen LogP contribution is -2.29. The summed E-state index contributed by atoms with van der Waals surface area (Å²) in [5.74, 6) is 0.126. The Hall–Kier alpha value is -1.04. The van der Waals surface area contributed by atoms with Crippen LogP contribution in [0.2, 0.25) is 0 Å². The van der Waals surface area contributed by atoms with Gasteiger partial charge in [0.25, 0.3) is 0 Å². The van der Waals surface area contributed by atoms with Crippen LogP contribution in [0.25, 0.3) is 0 Å². The van der Waals surface area contributed by atoms with Crippen molar-refractivity contribution in [3.8, 4) is 5.75 Å². The van der Waals surface area contributed by atoms with E-state index >= 15 is 0 Å². The van der Waals surface area contributed by atoms with Gasteiger partial charge >= 0.3 is 0 Å². The maximum atomic E-state index is 11.5. The molecule has 2 rings (SSSR count). The second-order valence-corrected chi connectivity index (χ2v) is 6.78. The summed E-state index contributed by atoms with van der Waals surface area (Å²) in [6, 6.07) is 0.0920. The molecule has 1 aliphatic rings. The van der Waals surface area contributed by atoms with Crippen molar-refractivity contribution in [2.45, 2.75) is 37.0 Å². The Morgan fingerprint density at radius 2 is 2.25 bits per heavy atom. The van der Waals surface area contributed by atoms with Crippen molar-refractivity contribution in [3.63, 3.8) is 0 Å². The molecule has 2 atom stereocenters. The van der Waals surface area contributed by atoms with Crippen molar-refractivity contribution in [2.24, 2.45) is 0 Å². The first-order chi connectivity index (χ1) is 7.47. The van der Waals surface area contributed by atoms with E-state index in [0.29, 0.717) is 6.42 Å². The summed E-state index contributed by atoms with van der Waals surface area (Å²) in [6.07, 6.45) is 7.37. The van der Waals surface area contributed by atoms with Gasteiger partial charge in [0.2, 0.25) is 0 Å². The predicted octanol–water partition coefficient (Wildman–Crippen LogP) is 1.12. The van der Waals surface area contributed by atoms with E-state index in [1.807, 2.05) is 0 Å². The fourth-order valence-corrected chi connectivity index (χ4v) is 3.44. The Morgan fingerprint density at radius 3 is 2.81 bits per heavy atom. The molecule has 90 valence electrons.